The molecule has 0 bridgehead atoms. The van der Waals surface area contributed by atoms with Crippen molar-refractivity contribution >= 4 is 17.8 Å². The van der Waals surface area contributed by atoms with Gasteiger partial charge < -0.3 is 4.74 Å². The van der Waals surface area contributed by atoms with Crippen molar-refractivity contribution < 1.29 is 19.1 Å². The van der Waals surface area contributed by atoms with Gasteiger partial charge >= 0.3 is 6.03 Å². The molecule has 2 saturated heterocycles. The van der Waals surface area contributed by atoms with E-state index in [1.807, 2.05) is 0 Å². The monoisotopic (exact) mass is 254 g/mol. The van der Waals surface area contributed by atoms with E-state index in [9.17, 15) is 14.4 Å². The summed E-state index contributed by atoms with van der Waals surface area (Å²) >= 11 is 0. The second kappa shape index (κ2) is 4.68. The molecule has 4 amide bonds. The van der Waals surface area contributed by atoms with E-state index < -0.39 is 23.3 Å². The number of nitrogens with zero attached hydrogens (tertiary/aromatic N) is 1. The largest absolute Gasteiger partial charge is 0.381 e. The van der Waals surface area contributed by atoms with Crippen LogP contribution in [0.15, 0.2) is 0 Å². The average Bonchev–Trinajstić information content (AvgIpc) is 2.34. The first-order valence-corrected chi connectivity index (χ1v) is 6.18. The van der Waals surface area contributed by atoms with Crippen molar-refractivity contribution in [3.8, 4) is 0 Å². The molecule has 2 rings (SSSR count). The van der Waals surface area contributed by atoms with Gasteiger partial charge in [-0.3, -0.25) is 19.8 Å². The van der Waals surface area contributed by atoms with Crippen LogP contribution in [-0.4, -0.2) is 42.5 Å². The van der Waals surface area contributed by atoms with E-state index in [0.717, 1.165) is 24.3 Å². The Bertz CT molecular complexity index is 386. The second-order valence-corrected chi connectivity index (χ2v) is 5.38. The van der Waals surface area contributed by atoms with Crippen molar-refractivity contribution in [2.24, 2.45) is 11.3 Å². The van der Waals surface area contributed by atoms with Gasteiger partial charge in [0.2, 0.25) is 11.8 Å². The molecule has 0 radical (unpaired) electrons. The summed E-state index contributed by atoms with van der Waals surface area (Å²) in [6.07, 6.45) is 1.88. The van der Waals surface area contributed by atoms with Crippen LogP contribution in [-0.2, 0) is 14.3 Å². The summed E-state index contributed by atoms with van der Waals surface area (Å²) in [7, 11) is 0. The minimum absolute atomic E-state index is 0.164. The van der Waals surface area contributed by atoms with Gasteiger partial charge in [0.25, 0.3) is 0 Å². The lowest BCUT2D eigenvalue weighted by atomic mass is 9.88. The number of ether oxygens (including phenoxy) is 1. The van der Waals surface area contributed by atoms with Crippen LogP contribution in [0, 0.1) is 11.3 Å². The lowest BCUT2D eigenvalue weighted by Gasteiger charge is -2.36. The Balaban J connectivity index is 2.08. The number of hydrogen-bond acceptors (Lipinski definition) is 4. The molecule has 0 aromatic carbocycles. The molecule has 0 aliphatic carbocycles. The van der Waals surface area contributed by atoms with Gasteiger partial charge in [0.1, 0.15) is 5.41 Å². The molecule has 2 aliphatic rings. The molecular formula is C12H18N2O4. The topological polar surface area (TPSA) is 75.7 Å². The van der Waals surface area contributed by atoms with Crippen LogP contribution in [0.1, 0.15) is 26.7 Å². The Labute approximate surface area is 106 Å². The molecule has 18 heavy (non-hydrogen) atoms. The summed E-state index contributed by atoms with van der Waals surface area (Å²) in [5.74, 6) is -0.798. The van der Waals surface area contributed by atoms with Gasteiger partial charge in [0, 0.05) is 19.1 Å². The highest BCUT2D eigenvalue weighted by atomic mass is 16.5. The molecule has 0 saturated carbocycles. The highest BCUT2D eigenvalue weighted by Gasteiger charge is 2.47. The second-order valence-electron chi connectivity index (χ2n) is 5.38. The van der Waals surface area contributed by atoms with E-state index in [2.05, 4.69) is 5.32 Å². The van der Waals surface area contributed by atoms with E-state index >= 15 is 0 Å². The van der Waals surface area contributed by atoms with Gasteiger partial charge in [-0.05, 0) is 26.7 Å². The first kappa shape index (κ1) is 13.0. The van der Waals surface area contributed by atoms with Crippen LogP contribution in [0.5, 0.6) is 0 Å². The molecule has 6 heteroatoms. The van der Waals surface area contributed by atoms with Crippen LogP contribution in [0.2, 0.25) is 0 Å². The minimum atomic E-state index is -1.18. The molecular weight excluding hydrogens is 236 g/mol. The maximum Gasteiger partial charge on any atom is 0.330 e. The molecule has 0 spiro atoms. The molecule has 1 atom stereocenters. The number of hydrogen-bond donors (Lipinski definition) is 1. The molecule has 6 nitrogen and oxygen atoms in total. The zero-order valence-corrected chi connectivity index (χ0v) is 10.7. The van der Waals surface area contributed by atoms with E-state index in [4.69, 9.17) is 4.74 Å². The van der Waals surface area contributed by atoms with Gasteiger partial charge in [0.05, 0.1) is 6.61 Å². The molecule has 2 heterocycles. The summed E-state index contributed by atoms with van der Waals surface area (Å²) in [4.78, 5) is 36.6. The Morgan fingerprint density at radius 3 is 2.72 bits per heavy atom. The Morgan fingerprint density at radius 2 is 2.11 bits per heavy atom. The molecule has 0 aromatic heterocycles. The SMILES string of the molecule is CC1(C)C(=O)NC(=O)N(CC2CCCOC2)C1=O. The number of rotatable bonds is 2. The van der Waals surface area contributed by atoms with E-state index in [1.54, 1.807) is 0 Å². The fraction of sp³-hybridized carbons (Fsp3) is 0.750. The minimum Gasteiger partial charge on any atom is -0.381 e. The van der Waals surface area contributed by atoms with Gasteiger partial charge in [-0.1, -0.05) is 0 Å². The number of barbiturate groups is 1. The number of carbonyl (C=O) groups is 3. The third-order valence-electron chi connectivity index (χ3n) is 3.51. The van der Waals surface area contributed by atoms with Gasteiger partial charge in [0.15, 0.2) is 0 Å². The lowest BCUT2D eigenvalue weighted by molar-refractivity contribution is -0.149. The summed E-state index contributed by atoms with van der Waals surface area (Å²) in [5.41, 5.74) is -1.18. The van der Waals surface area contributed by atoms with Crippen molar-refractivity contribution in [2.75, 3.05) is 19.8 Å². The fourth-order valence-corrected chi connectivity index (χ4v) is 2.22. The van der Waals surface area contributed by atoms with Crippen molar-refractivity contribution in [1.82, 2.24) is 10.2 Å². The number of urea groups is 1. The third-order valence-corrected chi connectivity index (χ3v) is 3.51. The van der Waals surface area contributed by atoms with Crippen LogP contribution in [0.4, 0.5) is 4.79 Å². The molecule has 100 valence electrons. The summed E-state index contributed by atoms with van der Waals surface area (Å²) in [6.45, 7) is 4.68. The number of imide groups is 2. The van der Waals surface area contributed by atoms with E-state index in [0.29, 0.717) is 13.2 Å². The Kier molecular flexibility index (Phi) is 3.38. The molecule has 1 unspecified atom stereocenters. The third kappa shape index (κ3) is 2.25. The van der Waals surface area contributed by atoms with Crippen LogP contribution < -0.4 is 5.32 Å². The number of amides is 4. The summed E-state index contributed by atoms with van der Waals surface area (Å²) < 4.78 is 5.33. The predicted molar refractivity (Wildman–Crippen MR) is 62.6 cm³/mol. The molecule has 1 N–H and O–H groups in total. The fourth-order valence-electron chi connectivity index (χ4n) is 2.22. The quantitative estimate of drug-likeness (QED) is 0.729. The zero-order valence-electron chi connectivity index (χ0n) is 10.7. The maximum atomic E-state index is 12.1. The zero-order chi connectivity index (χ0) is 13.3. The smallest absolute Gasteiger partial charge is 0.330 e. The van der Waals surface area contributed by atoms with E-state index in [1.165, 1.54) is 13.8 Å². The molecule has 0 aromatic rings. The summed E-state index contributed by atoms with van der Waals surface area (Å²) in [6, 6.07) is -0.616. The Morgan fingerprint density at radius 1 is 1.39 bits per heavy atom. The maximum absolute atomic E-state index is 12.1. The molecule has 2 fully saturated rings. The van der Waals surface area contributed by atoms with Crippen molar-refractivity contribution in [3.63, 3.8) is 0 Å². The van der Waals surface area contributed by atoms with Gasteiger partial charge in [-0.25, -0.2) is 4.79 Å². The normalized spacial score (nSPS) is 28.2. The van der Waals surface area contributed by atoms with Crippen molar-refractivity contribution in [1.29, 1.82) is 0 Å². The highest BCUT2D eigenvalue weighted by Crippen LogP contribution is 2.25. The van der Waals surface area contributed by atoms with Crippen molar-refractivity contribution in [2.45, 2.75) is 26.7 Å². The predicted octanol–water partition coefficient (Wildman–Crippen LogP) is 0.518. The highest BCUT2D eigenvalue weighted by molar-refractivity contribution is 6.18. The standard InChI is InChI=1S/C12H18N2O4/c1-12(2)9(15)13-11(17)14(10(12)16)6-8-4-3-5-18-7-8/h8H,3-7H2,1-2H3,(H,13,15,17). The van der Waals surface area contributed by atoms with Gasteiger partial charge in [-0.15, -0.1) is 0 Å². The van der Waals surface area contributed by atoms with Crippen molar-refractivity contribution in [3.05, 3.63) is 0 Å². The first-order chi connectivity index (χ1) is 8.43. The number of carbonyl (C=O) groups excluding carboxylic acids is 3. The van der Waals surface area contributed by atoms with Gasteiger partial charge in [-0.2, -0.15) is 0 Å². The summed E-state index contributed by atoms with van der Waals surface area (Å²) in [5, 5.41) is 2.23. The first-order valence-electron chi connectivity index (χ1n) is 6.18. The van der Waals surface area contributed by atoms with Crippen LogP contribution in [0.25, 0.3) is 0 Å². The van der Waals surface area contributed by atoms with E-state index in [-0.39, 0.29) is 5.92 Å². The average molecular weight is 254 g/mol. The lowest BCUT2D eigenvalue weighted by Crippen LogP contribution is -2.62. The Hall–Kier alpha value is -1.43. The van der Waals surface area contributed by atoms with Crippen LogP contribution >= 0.6 is 0 Å². The van der Waals surface area contributed by atoms with Crippen LogP contribution in [0.3, 0.4) is 0 Å². The number of nitrogens with one attached hydrogen (secondary N) is 1. The molecule has 2 aliphatic heterocycles.